The van der Waals surface area contributed by atoms with Crippen molar-refractivity contribution in [1.29, 1.82) is 0 Å². The highest BCUT2D eigenvalue weighted by molar-refractivity contribution is 5.88. The molecule has 1 nitrogen and oxygen atoms in total. The third kappa shape index (κ3) is 3.55. The zero-order valence-corrected chi connectivity index (χ0v) is 21.3. The molecular formula is C33H35N. The van der Waals surface area contributed by atoms with E-state index in [2.05, 4.69) is 137 Å². The maximum Gasteiger partial charge on any atom is 0.0454 e. The molecule has 172 valence electrons. The van der Waals surface area contributed by atoms with Crippen LogP contribution < -0.4 is 4.90 Å². The number of hydrogen-bond acceptors (Lipinski definition) is 1. The molecule has 0 aromatic heterocycles. The second-order valence-electron chi connectivity index (χ2n) is 10.9. The molecule has 0 saturated heterocycles. The minimum absolute atomic E-state index is 0.0261. The van der Waals surface area contributed by atoms with Crippen LogP contribution in [0.2, 0.25) is 0 Å². The molecule has 1 heteroatoms. The molecule has 1 aliphatic rings. The SMILES string of the molecule is CCc1c(N(c2ccc(-c3ccccc3)cc2)C(C)(C)C)ccc2c1-c1ccccc1C2(C)C. The standard InChI is InChI=1S/C33H35N/c1-7-26-30(22-21-29-31(26)27-15-11-12-16-28(27)33(29,5)6)34(32(2,3)4)25-19-17-24(18-20-25)23-13-9-8-10-14-23/h8-22H,7H2,1-6H3. The molecule has 0 heterocycles. The Morgan fingerprint density at radius 2 is 1.29 bits per heavy atom. The van der Waals surface area contributed by atoms with Gasteiger partial charge in [0.2, 0.25) is 0 Å². The van der Waals surface area contributed by atoms with E-state index in [0.717, 1.165) is 6.42 Å². The normalized spacial score (nSPS) is 13.9. The maximum atomic E-state index is 2.52. The van der Waals surface area contributed by atoms with Gasteiger partial charge in [-0.25, -0.2) is 0 Å². The molecule has 0 radical (unpaired) electrons. The quantitative estimate of drug-likeness (QED) is 0.303. The summed E-state index contributed by atoms with van der Waals surface area (Å²) in [6, 6.07) is 33.4. The van der Waals surface area contributed by atoms with Gasteiger partial charge in [-0.15, -0.1) is 0 Å². The van der Waals surface area contributed by atoms with E-state index in [0.29, 0.717) is 0 Å². The van der Waals surface area contributed by atoms with Crippen molar-refractivity contribution in [3.05, 3.63) is 108 Å². The highest BCUT2D eigenvalue weighted by atomic mass is 15.2. The first-order valence-electron chi connectivity index (χ1n) is 12.5. The molecule has 5 rings (SSSR count). The highest BCUT2D eigenvalue weighted by Crippen LogP contribution is 2.52. The fourth-order valence-corrected chi connectivity index (χ4v) is 5.75. The first kappa shape index (κ1) is 22.5. The van der Waals surface area contributed by atoms with Gasteiger partial charge in [0.1, 0.15) is 0 Å². The Morgan fingerprint density at radius 3 is 1.94 bits per heavy atom. The van der Waals surface area contributed by atoms with Gasteiger partial charge < -0.3 is 4.90 Å². The summed E-state index contributed by atoms with van der Waals surface area (Å²) in [5, 5.41) is 0. The molecule has 0 spiro atoms. The summed E-state index contributed by atoms with van der Waals surface area (Å²) in [7, 11) is 0. The molecular weight excluding hydrogens is 410 g/mol. The first-order chi connectivity index (χ1) is 16.2. The highest BCUT2D eigenvalue weighted by Gasteiger charge is 2.38. The van der Waals surface area contributed by atoms with Crippen molar-refractivity contribution in [2.45, 2.75) is 58.9 Å². The lowest BCUT2D eigenvalue weighted by atomic mass is 9.82. The average Bonchev–Trinajstić information content (AvgIpc) is 3.06. The number of rotatable bonds is 4. The monoisotopic (exact) mass is 445 g/mol. The van der Waals surface area contributed by atoms with E-state index in [1.807, 2.05) is 0 Å². The largest absolute Gasteiger partial charge is 0.336 e. The lowest BCUT2D eigenvalue weighted by Gasteiger charge is -2.40. The van der Waals surface area contributed by atoms with Gasteiger partial charge in [0.25, 0.3) is 0 Å². The van der Waals surface area contributed by atoms with Crippen LogP contribution in [-0.4, -0.2) is 5.54 Å². The fraction of sp³-hybridized carbons (Fsp3) is 0.273. The number of nitrogens with zero attached hydrogens (tertiary/aromatic N) is 1. The molecule has 4 aromatic rings. The Balaban J connectivity index is 1.67. The van der Waals surface area contributed by atoms with E-state index < -0.39 is 0 Å². The van der Waals surface area contributed by atoms with E-state index in [9.17, 15) is 0 Å². The Morgan fingerprint density at radius 1 is 0.676 bits per heavy atom. The van der Waals surface area contributed by atoms with Gasteiger partial charge in [0, 0.05) is 22.3 Å². The molecule has 1 aliphatic carbocycles. The molecule has 0 amide bonds. The Hall–Kier alpha value is -3.32. The van der Waals surface area contributed by atoms with Crippen molar-refractivity contribution < 1.29 is 0 Å². The average molecular weight is 446 g/mol. The molecule has 0 saturated carbocycles. The van der Waals surface area contributed by atoms with Gasteiger partial charge in [-0.3, -0.25) is 0 Å². The predicted molar refractivity (Wildman–Crippen MR) is 147 cm³/mol. The summed E-state index contributed by atoms with van der Waals surface area (Å²) in [6.45, 7) is 13.9. The zero-order chi connectivity index (χ0) is 24.1. The molecule has 4 aromatic carbocycles. The summed E-state index contributed by atoms with van der Waals surface area (Å²) >= 11 is 0. The molecule has 0 atom stereocenters. The second kappa shape index (κ2) is 8.17. The van der Waals surface area contributed by atoms with Crippen LogP contribution in [0.25, 0.3) is 22.3 Å². The van der Waals surface area contributed by atoms with Gasteiger partial charge in [-0.05, 0) is 84.3 Å². The van der Waals surface area contributed by atoms with E-state index in [4.69, 9.17) is 0 Å². The first-order valence-corrected chi connectivity index (χ1v) is 12.5. The smallest absolute Gasteiger partial charge is 0.0454 e. The van der Waals surface area contributed by atoms with Crippen LogP contribution in [0.15, 0.2) is 91.0 Å². The summed E-state index contributed by atoms with van der Waals surface area (Å²) < 4.78 is 0. The Kier molecular flexibility index (Phi) is 5.40. The van der Waals surface area contributed by atoms with E-state index >= 15 is 0 Å². The van der Waals surface area contributed by atoms with Gasteiger partial charge in [0.05, 0.1) is 0 Å². The van der Waals surface area contributed by atoms with Crippen molar-refractivity contribution in [2.24, 2.45) is 0 Å². The van der Waals surface area contributed by atoms with Crippen molar-refractivity contribution in [3.8, 4) is 22.3 Å². The zero-order valence-electron chi connectivity index (χ0n) is 21.3. The number of hydrogen-bond donors (Lipinski definition) is 0. The van der Waals surface area contributed by atoms with Crippen LogP contribution in [0.3, 0.4) is 0 Å². The Labute approximate surface area is 205 Å². The minimum atomic E-state index is -0.0694. The second-order valence-corrected chi connectivity index (χ2v) is 10.9. The number of anilines is 2. The molecule has 34 heavy (non-hydrogen) atoms. The summed E-state index contributed by atoms with van der Waals surface area (Å²) in [5.74, 6) is 0. The van der Waals surface area contributed by atoms with Crippen molar-refractivity contribution in [3.63, 3.8) is 0 Å². The van der Waals surface area contributed by atoms with Crippen LogP contribution in [0.5, 0.6) is 0 Å². The van der Waals surface area contributed by atoms with Crippen LogP contribution in [0, 0.1) is 0 Å². The summed E-state index contributed by atoms with van der Waals surface area (Å²) in [4.78, 5) is 2.52. The van der Waals surface area contributed by atoms with Gasteiger partial charge >= 0.3 is 0 Å². The molecule has 0 fully saturated rings. The topological polar surface area (TPSA) is 3.24 Å². The predicted octanol–water partition coefficient (Wildman–Crippen LogP) is 9.16. The number of fused-ring (bicyclic) bond motifs is 3. The van der Waals surface area contributed by atoms with Gasteiger partial charge in [-0.1, -0.05) is 93.6 Å². The molecule has 0 unspecified atom stereocenters. The van der Waals surface area contributed by atoms with Crippen molar-refractivity contribution in [1.82, 2.24) is 0 Å². The van der Waals surface area contributed by atoms with E-state index in [1.54, 1.807) is 0 Å². The lowest BCUT2D eigenvalue weighted by Crippen LogP contribution is -2.38. The minimum Gasteiger partial charge on any atom is -0.336 e. The van der Waals surface area contributed by atoms with Gasteiger partial charge in [0.15, 0.2) is 0 Å². The molecule has 0 bridgehead atoms. The Bertz CT molecular complexity index is 1320. The molecule has 0 N–H and O–H groups in total. The van der Waals surface area contributed by atoms with E-state index in [1.165, 1.54) is 50.3 Å². The molecule has 0 aliphatic heterocycles. The van der Waals surface area contributed by atoms with Crippen molar-refractivity contribution >= 4 is 11.4 Å². The van der Waals surface area contributed by atoms with Crippen LogP contribution >= 0.6 is 0 Å². The van der Waals surface area contributed by atoms with Gasteiger partial charge in [-0.2, -0.15) is 0 Å². The number of benzene rings is 4. The van der Waals surface area contributed by atoms with Crippen molar-refractivity contribution in [2.75, 3.05) is 4.90 Å². The third-order valence-corrected chi connectivity index (χ3v) is 7.33. The summed E-state index contributed by atoms with van der Waals surface area (Å²) in [5.41, 5.74) is 12.2. The fourth-order valence-electron chi connectivity index (χ4n) is 5.75. The van der Waals surface area contributed by atoms with Crippen LogP contribution in [0.1, 0.15) is 58.2 Å². The van der Waals surface area contributed by atoms with Crippen LogP contribution in [-0.2, 0) is 11.8 Å². The van der Waals surface area contributed by atoms with E-state index in [-0.39, 0.29) is 11.0 Å². The maximum absolute atomic E-state index is 2.52. The van der Waals surface area contributed by atoms with Crippen LogP contribution in [0.4, 0.5) is 11.4 Å². The third-order valence-electron chi connectivity index (χ3n) is 7.33. The summed E-state index contributed by atoms with van der Waals surface area (Å²) in [6.07, 6.45) is 0.998. The lowest BCUT2D eigenvalue weighted by molar-refractivity contribution is 0.558.